The second-order valence-electron chi connectivity index (χ2n) is 7.72. The Morgan fingerprint density at radius 3 is 2.47 bits per heavy atom. The molecule has 2 aliphatic heterocycles. The zero-order valence-corrected chi connectivity index (χ0v) is 23.3. The van der Waals surface area contributed by atoms with Crippen molar-refractivity contribution in [2.45, 2.75) is 32.2 Å². The fourth-order valence-corrected chi connectivity index (χ4v) is 5.38. The molecule has 2 atom stereocenters. The molecule has 1 aromatic heterocycles. The van der Waals surface area contributed by atoms with Crippen molar-refractivity contribution in [3.05, 3.63) is 35.0 Å². The second-order valence-corrected chi connectivity index (χ2v) is 9.72. The van der Waals surface area contributed by atoms with E-state index in [1.807, 2.05) is 0 Å². The first-order valence-electron chi connectivity index (χ1n) is 11.7. The number of β-lactam (4-membered cyclic amide) rings is 1. The lowest BCUT2D eigenvalue weighted by atomic mass is 10.0. The van der Waals surface area contributed by atoms with Crippen LogP contribution >= 0.6 is 23.1 Å². The zero-order valence-electron chi connectivity index (χ0n) is 21.6. The Bertz CT molecular complexity index is 1110. The van der Waals surface area contributed by atoms with E-state index in [0.29, 0.717) is 11.3 Å². The minimum absolute atomic E-state index is 0.0878. The predicted molar refractivity (Wildman–Crippen MR) is 144 cm³/mol. The van der Waals surface area contributed by atoms with Gasteiger partial charge in [-0.2, -0.15) is 0 Å². The first-order chi connectivity index (χ1) is 18.1. The van der Waals surface area contributed by atoms with E-state index < -0.39 is 41.8 Å². The minimum Gasteiger partial charge on any atom is -0.477 e. The number of nitrogens with zero attached hydrogens (tertiary/aromatic N) is 4. The molecule has 2 aliphatic rings. The van der Waals surface area contributed by atoms with E-state index in [1.54, 1.807) is 0 Å². The fraction of sp³-hybridized carbons (Fsp3) is 0.478. The molecule has 4 N–H and O–H groups in total. The van der Waals surface area contributed by atoms with Crippen LogP contribution in [-0.4, -0.2) is 99.9 Å². The molecule has 0 radical (unpaired) electrons. The van der Waals surface area contributed by atoms with Crippen molar-refractivity contribution in [2.75, 3.05) is 44.8 Å². The molecule has 0 bridgehead atoms. The van der Waals surface area contributed by atoms with Gasteiger partial charge in [0.1, 0.15) is 22.8 Å². The number of amides is 2. The summed E-state index contributed by atoms with van der Waals surface area (Å²) >= 11 is 2.35. The highest BCUT2D eigenvalue weighted by Crippen LogP contribution is 2.40. The number of oxime groups is 1. The van der Waals surface area contributed by atoms with Gasteiger partial charge in [-0.05, 0) is 25.2 Å². The van der Waals surface area contributed by atoms with E-state index in [1.165, 1.54) is 42.9 Å². The molecule has 208 valence electrons. The molecule has 1 saturated heterocycles. The van der Waals surface area contributed by atoms with E-state index in [4.69, 9.17) is 10.6 Å². The molecule has 0 aliphatic carbocycles. The van der Waals surface area contributed by atoms with Gasteiger partial charge < -0.3 is 30.6 Å². The highest BCUT2D eigenvalue weighted by Gasteiger charge is 2.54. The smallest absolute Gasteiger partial charge is 0.352 e. The predicted octanol–water partition coefficient (Wildman–Crippen LogP) is 0.892. The van der Waals surface area contributed by atoms with Gasteiger partial charge in [-0.25, -0.2) is 14.6 Å². The van der Waals surface area contributed by atoms with Gasteiger partial charge in [-0.1, -0.05) is 38.6 Å². The van der Waals surface area contributed by atoms with Gasteiger partial charge in [0.2, 0.25) is 6.61 Å². The maximum Gasteiger partial charge on any atom is 0.352 e. The third-order valence-corrected chi connectivity index (χ3v) is 7.60. The Labute approximate surface area is 228 Å². The molecule has 1 aromatic rings. The Morgan fingerprint density at radius 2 is 2.00 bits per heavy atom. The van der Waals surface area contributed by atoms with E-state index in [0.717, 1.165) is 23.3 Å². The molecule has 1 fully saturated rings. The van der Waals surface area contributed by atoms with Gasteiger partial charge in [0, 0.05) is 11.1 Å². The summed E-state index contributed by atoms with van der Waals surface area (Å²) in [6, 6.07) is -0.986. The van der Waals surface area contributed by atoms with E-state index in [9.17, 15) is 24.3 Å². The number of carbonyl (C=O) groups excluding carboxylic acids is 3. The lowest BCUT2D eigenvalue weighted by Gasteiger charge is -2.49. The van der Waals surface area contributed by atoms with Crippen LogP contribution in [0.25, 0.3) is 0 Å². The van der Waals surface area contributed by atoms with Crippen LogP contribution in [0.3, 0.4) is 0 Å². The largest absolute Gasteiger partial charge is 0.477 e. The first-order valence-corrected chi connectivity index (χ1v) is 13.6. The molecule has 0 saturated carbocycles. The van der Waals surface area contributed by atoms with Gasteiger partial charge in [0.25, 0.3) is 11.8 Å². The number of fused-ring (bicyclic) bond motifs is 1. The maximum atomic E-state index is 12.8. The number of esters is 1. The average molecular weight is 569 g/mol. The maximum absolute atomic E-state index is 12.8. The topological polar surface area (TPSA) is 177 Å². The summed E-state index contributed by atoms with van der Waals surface area (Å²) in [6.45, 7) is 13.2. The number of ether oxygens (including phenoxy) is 1. The van der Waals surface area contributed by atoms with Crippen molar-refractivity contribution >= 4 is 57.7 Å². The lowest BCUT2D eigenvalue weighted by Crippen LogP contribution is -2.71. The number of thiazole rings is 1. The molecule has 0 aromatic carbocycles. The molecule has 38 heavy (non-hydrogen) atoms. The molecule has 15 heteroatoms. The van der Waals surface area contributed by atoms with Crippen molar-refractivity contribution in [3.8, 4) is 0 Å². The van der Waals surface area contributed by atoms with E-state index >= 15 is 0 Å². The van der Waals surface area contributed by atoms with Crippen molar-refractivity contribution in [2.24, 2.45) is 5.16 Å². The summed E-state index contributed by atoms with van der Waals surface area (Å²) in [5, 5.41) is 16.7. The Kier molecular flexibility index (Phi) is 11.7. The average Bonchev–Trinajstić information content (AvgIpc) is 3.35. The number of methoxy groups -OCH3 is 1. The van der Waals surface area contributed by atoms with Crippen molar-refractivity contribution in [1.29, 1.82) is 0 Å². The van der Waals surface area contributed by atoms with Gasteiger partial charge in [0.15, 0.2) is 10.8 Å². The van der Waals surface area contributed by atoms with Crippen molar-refractivity contribution in [1.82, 2.24) is 20.1 Å². The Hall–Kier alpha value is -3.43. The summed E-state index contributed by atoms with van der Waals surface area (Å²) < 4.78 is 4.43. The number of allylic oxidation sites excluding steroid dienone is 1. The van der Waals surface area contributed by atoms with Gasteiger partial charge in [-0.15, -0.1) is 23.1 Å². The van der Waals surface area contributed by atoms with E-state index in [2.05, 4.69) is 52.4 Å². The number of nitrogen functional groups attached to an aromatic ring is 1. The Balaban J connectivity index is 0.000000638. The molecular weight excluding hydrogens is 536 g/mol. The standard InChI is InChI=1S/C17H17N5O7S2.C6H15N/c1-3-7-5-30-15-11(14(25)22(15)12(7)16(26)27)20-13(24)10(8-6-31-17(18)19-8)21-29-4-9(23)28-2;1-4-7(5-2)6-3/h3,6,11,15H,1,4-5H2,2H3,(H2,18,19)(H,20,24)(H,26,27);4-6H2,1-3H3/b21-10+;/t11?,15-;/m1./s1. The highest BCUT2D eigenvalue weighted by molar-refractivity contribution is 8.00. The van der Waals surface area contributed by atoms with Crippen molar-refractivity contribution < 1.29 is 33.9 Å². The number of hydrogen-bond donors (Lipinski definition) is 3. The number of nitrogens with two attached hydrogens (primary N) is 1. The van der Waals surface area contributed by atoms with Crippen LogP contribution in [0.15, 0.2) is 34.5 Å². The summed E-state index contributed by atoms with van der Waals surface area (Å²) in [7, 11) is 1.16. The molecule has 3 rings (SSSR count). The second kappa shape index (κ2) is 14.5. The molecular formula is C23H32N6O7S2. The first kappa shape index (κ1) is 30.8. The third kappa shape index (κ3) is 7.33. The highest BCUT2D eigenvalue weighted by atomic mass is 32.2. The molecule has 13 nitrogen and oxygen atoms in total. The van der Waals surface area contributed by atoms with Gasteiger partial charge in [0.05, 0.1) is 7.11 Å². The summed E-state index contributed by atoms with van der Waals surface area (Å²) in [5.74, 6) is -3.04. The van der Waals surface area contributed by atoms with Crippen LogP contribution in [0.4, 0.5) is 5.13 Å². The lowest BCUT2D eigenvalue weighted by molar-refractivity contribution is -0.150. The monoisotopic (exact) mass is 568 g/mol. The van der Waals surface area contributed by atoms with Crippen LogP contribution in [0, 0.1) is 0 Å². The SMILES string of the molecule is C=CC1=C(C(=O)O)N2C(=O)C(NC(=O)/C(=N/OCC(=O)OC)c3csc(N)n3)[C@H]2SC1.CCN(CC)CC. The number of rotatable bonds is 11. The van der Waals surface area contributed by atoms with Crippen molar-refractivity contribution in [3.63, 3.8) is 0 Å². The zero-order chi connectivity index (χ0) is 28.4. The third-order valence-electron chi connectivity index (χ3n) is 5.62. The number of aliphatic carboxylic acids is 1. The van der Waals surface area contributed by atoms with Gasteiger partial charge in [-0.3, -0.25) is 14.5 Å². The molecule has 2 amide bonds. The Morgan fingerprint density at radius 1 is 1.34 bits per heavy atom. The number of carbonyl (C=O) groups is 4. The molecule has 3 heterocycles. The number of carboxylic acids is 1. The van der Waals surface area contributed by atoms with E-state index in [-0.39, 0.29) is 22.2 Å². The van der Waals surface area contributed by atoms with Crippen LogP contribution < -0.4 is 11.1 Å². The van der Waals surface area contributed by atoms with Crippen LogP contribution in [0.5, 0.6) is 0 Å². The van der Waals surface area contributed by atoms with Crippen LogP contribution in [0.2, 0.25) is 0 Å². The summed E-state index contributed by atoms with van der Waals surface area (Å²) in [6.07, 6.45) is 1.39. The normalized spacial score (nSPS) is 18.6. The number of aromatic nitrogens is 1. The minimum atomic E-state index is -1.25. The molecule has 1 unspecified atom stereocenters. The number of nitrogens with one attached hydrogen (secondary N) is 1. The number of carboxylic acid groups (broad SMARTS) is 1. The quantitative estimate of drug-likeness (QED) is 0.149. The summed E-state index contributed by atoms with van der Waals surface area (Å²) in [5.41, 5.74) is 5.66. The summed E-state index contributed by atoms with van der Waals surface area (Å²) in [4.78, 5) is 60.6. The van der Waals surface area contributed by atoms with Crippen LogP contribution in [0.1, 0.15) is 26.5 Å². The molecule has 0 spiro atoms. The number of hydrogen-bond acceptors (Lipinski definition) is 12. The van der Waals surface area contributed by atoms with Gasteiger partial charge >= 0.3 is 11.9 Å². The number of anilines is 1. The fourth-order valence-electron chi connectivity index (χ4n) is 3.49. The number of thioether (sulfide) groups is 1. The van der Waals surface area contributed by atoms with Crippen LogP contribution in [-0.2, 0) is 28.8 Å².